The topological polar surface area (TPSA) is 97.6 Å². The van der Waals surface area contributed by atoms with Crippen LogP contribution in [0.15, 0.2) is 99.9 Å². The van der Waals surface area contributed by atoms with E-state index in [4.69, 9.17) is 23.7 Å². The number of methoxy groups -OCH3 is 2. The Labute approximate surface area is 281 Å². The van der Waals surface area contributed by atoms with Crippen LogP contribution in [0.1, 0.15) is 43.5 Å². The van der Waals surface area contributed by atoms with Gasteiger partial charge in [0.15, 0.2) is 16.3 Å². The molecule has 0 spiro atoms. The van der Waals surface area contributed by atoms with E-state index in [1.165, 1.54) is 23.0 Å². The fourth-order valence-corrected chi connectivity index (χ4v) is 6.90. The van der Waals surface area contributed by atoms with Crippen molar-refractivity contribution in [3.05, 3.63) is 127 Å². The Morgan fingerprint density at radius 1 is 0.896 bits per heavy atom. The Kier molecular flexibility index (Phi) is 9.63. The first-order chi connectivity index (χ1) is 23.4. The Hall–Kier alpha value is -5.35. The van der Waals surface area contributed by atoms with E-state index in [0.717, 1.165) is 21.9 Å². The molecule has 246 valence electrons. The molecule has 10 heteroatoms. The number of allylic oxidation sites excluding steroid dienone is 1. The third-order valence-electron chi connectivity index (χ3n) is 8.08. The highest BCUT2D eigenvalue weighted by Gasteiger charge is 2.35. The van der Waals surface area contributed by atoms with E-state index < -0.39 is 12.0 Å². The average molecular weight is 665 g/mol. The lowest BCUT2D eigenvalue weighted by Gasteiger charge is -2.26. The number of thiazole rings is 1. The largest absolute Gasteiger partial charge is 0.497 e. The van der Waals surface area contributed by atoms with Crippen molar-refractivity contribution in [2.24, 2.45) is 4.99 Å². The number of fused-ring (bicyclic) bond motifs is 2. The predicted octanol–water partition coefficient (Wildman–Crippen LogP) is 5.95. The van der Waals surface area contributed by atoms with Gasteiger partial charge in [-0.2, -0.15) is 0 Å². The van der Waals surface area contributed by atoms with E-state index in [1.54, 1.807) is 45.2 Å². The van der Waals surface area contributed by atoms with Crippen molar-refractivity contribution in [1.29, 1.82) is 0 Å². The van der Waals surface area contributed by atoms with Gasteiger partial charge in [-0.1, -0.05) is 59.9 Å². The quantitative estimate of drug-likeness (QED) is 0.161. The minimum absolute atomic E-state index is 0.177. The number of hydrogen-bond acceptors (Lipinski definition) is 9. The standard InChI is InChI=1S/C38H36N2O7S/c1-6-45-32-19-24(15-18-30(32)47-22-26-13-10-12-25-11-8-9-14-28(25)26)20-33-36(41)40-35(29-17-16-27(43-4)21-31(29)44-5)34(37(42)46-7-2)23(3)39-38(40)48-33/h8-21,35H,6-7,22H2,1-5H3/t35-/m1/s1. The van der Waals surface area contributed by atoms with Gasteiger partial charge in [0.2, 0.25) is 0 Å². The minimum Gasteiger partial charge on any atom is -0.497 e. The number of esters is 1. The Morgan fingerprint density at radius 3 is 2.48 bits per heavy atom. The number of ether oxygens (including phenoxy) is 5. The third kappa shape index (κ3) is 6.31. The van der Waals surface area contributed by atoms with Crippen LogP contribution in [0.3, 0.4) is 0 Å². The summed E-state index contributed by atoms with van der Waals surface area (Å²) < 4.78 is 30.7. The second kappa shape index (κ2) is 14.2. The van der Waals surface area contributed by atoms with Gasteiger partial charge in [0.05, 0.1) is 43.2 Å². The first kappa shape index (κ1) is 32.6. The van der Waals surface area contributed by atoms with Gasteiger partial charge in [-0.3, -0.25) is 9.36 Å². The van der Waals surface area contributed by atoms with Crippen molar-refractivity contribution in [1.82, 2.24) is 4.57 Å². The highest BCUT2D eigenvalue weighted by atomic mass is 32.1. The van der Waals surface area contributed by atoms with Crippen LogP contribution < -0.4 is 33.8 Å². The van der Waals surface area contributed by atoms with Crippen molar-refractivity contribution in [2.75, 3.05) is 27.4 Å². The maximum Gasteiger partial charge on any atom is 0.338 e. The Bertz CT molecular complexity index is 2210. The molecule has 9 nitrogen and oxygen atoms in total. The van der Waals surface area contributed by atoms with Gasteiger partial charge in [-0.05, 0) is 73.0 Å². The molecule has 1 aliphatic rings. The molecule has 0 N–H and O–H groups in total. The molecule has 0 saturated carbocycles. The number of nitrogens with zero attached hydrogens (tertiary/aromatic N) is 2. The van der Waals surface area contributed by atoms with E-state index in [-0.39, 0.29) is 17.7 Å². The second-order valence-corrected chi connectivity index (χ2v) is 12.0. The lowest BCUT2D eigenvalue weighted by Crippen LogP contribution is -2.40. The molecule has 1 aromatic heterocycles. The van der Waals surface area contributed by atoms with E-state index >= 15 is 0 Å². The van der Waals surface area contributed by atoms with Crippen LogP contribution in [0.2, 0.25) is 0 Å². The fourth-order valence-electron chi connectivity index (χ4n) is 5.86. The molecule has 0 radical (unpaired) electrons. The molecule has 1 aliphatic heterocycles. The van der Waals surface area contributed by atoms with Gasteiger partial charge in [0.1, 0.15) is 24.1 Å². The van der Waals surface area contributed by atoms with E-state index in [2.05, 4.69) is 29.3 Å². The third-order valence-corrected chi connectivity index (χ3v) is 9.06. The molecule has 0 unspecified atom stereocenters. The van der Waals surface area contributed by atoms with Crippen LogP contribution in [0.5, 0.6) is 23.0 Å². The number of benzene rings is 4. The van der Waals surface area contributed by atoms with Crippen LogP contribution in [-0.4, -0.2) is 38.0 Å². The van der Waals surface area contributed by atoms with Crippen molar-refractivity contribution >= 4 is 34.2 Å². The molecule has 0 saturated heterocycles. The molecular weight excluding hydrogens is 628 g/mol. The van der Waals surface area contributed by atoms with Crippen LogP contribution in [0.4, 0.5) is 0 Å². The van der Waals surface area contributed by atoms with Gasteiger partial charge < -0.3 is 23.7 Å². The molecular formula is C38H36N2O7S. The highest BCUT2D eigenvalue weighted by Crippen LogP contribution is 2.38. The van der Waals surface area contributed by atoms with Gasteiger partial charge in [0.25, 0.3) is 5.56 Å². The molecule has 0 bridgehead atoms. The molecule has 0 aliphatic carbocycles. The lowest BCUT2D eigenvalue weighted by atomic mass is 9.95. The van der Waals surface area contributed by atoms with Gasteiger partial charge in [-0.15, -0.1) is 0 Å². The molecule has 0 fully saturated rings. The maximum absolute atomic E-state index is 14.2. The molecule has 2 heterocycles. The summed E-state index contributed by atoms with van der Waals surface area (Å²) in [6, 6.07) is 24.4. The normalized spacial score (nSPS) is 14.4. The molecule has 0 amide bonds. The zero-order valence-corrected chi connectivity index (χ0v) is 28.3. The molecule has 1 atom stereocenters. The molecule has 6 rings (SSSR count). The summed E-state index contributed by atoms with van der Waals surface area (Å²) in [5.74, 6) is 1.67. The van der Waals surface area contributed by atoms with E-state index in [1.807, 2.05) is 43.3 Å². The first-order valence-electron chi connectivity index (χ1n) is 15.6. The van der Waals surface area contributed by atoms with Crippen LogP contribution in [0.25, 0.3) is 16.8 Å². The monoisotopic (exact) mass is 664 g/mol. The van der Waals surface area contributed by atoms with Crippen LogP contribution >= 0.6 is 11.3 Å². The van der Waals surface area contributed by atoms with Crippen molar-refractivity contribution in [2.45, 2.75) is 33.4 Å². The fraction of sp³-hybridized carbons (Fsp3) is 0.237. The summed E-state index contributed by atoms with van der Waals surface area (Å²) in [6.45, 7) is 6.39. The second-order valence-electron chi connectivity index (χ2n) is 11.0. The minimum atomic E-state index is -0.827. The van der Waals surface area contributed by atoms with Crippen LogP contribution in [-0.2, 0) is 16.1 Å². The summed E-state index contributed by atoms with van der Waals surface area (Å²) in [5, 5.41) is 2.29. The van der Waals surface area contributed by atoms with Crippen molar-refractivity contribution in [3.63, 3.8) is 0 Å². The average Bonchev–Trinajstić information content (AvgIpc) is 3.40. The summed E-state index contributed by atoms with van der Waals surface area (Å²) in [7, 11) is 3.10. The number of carbonyl (C=O) groups is 1. The van der Waals surface area contributed by atoms with Crippen molar-refractivity contribution < 1.29 is 28.5 Å². The smallest absolute Gasteiger partial charge is 0.338 e. The van der Waals surface area contributed by atoms with Gasteiger partial charge >= 0.3 is 5.97 Å². The summed E-state index contributed by atoms with van der Waals surface area (Å²) in [6.07, 6.45) is 1.80. The lowest BCUT2D eigenvalue weighted by molar-refractivity contribution is -0.139. The number of aromatic nitrogens is 1. The summed E-state index contributed by atoms with van der Waals surface area (Å²) in [5.41, 5.74) is 2.86. The molecule has 5 aromatic rings. The predicted molar refractivity (Wildman–Crippen MR) is 186 cm³/mol. The number of hydrogen-bond donors (Lipinski definition) is 0. The summed E-state index contributed by atoms with van der Waals surface area (Å²) >= 11 is 1.24. The van der Waals surface area contributed by atoms with E-state index in [0.29, 0.717) is 56.8 Å². The number of rotatable bonds is 11. The first-order valence-corrected chi connectivity index (χ1v) is 16.5. The molecule has 48 heavy (non-hydrogen) atoms. The van der Waals surface area contributed by atoms with Gasteiger partial charge in [-0.25, -0.2) is 9.79 Å². The zero-order chi connectivity index (χ0) is 33.8. The number of carbonyl (C=O) groups excluding carboxylic acids is 1. The SMILES string of the molecule is CCOC(=O)C1=C(C)N=c2sc(=Cc3ccc(OCc4cccc5ccccc45)c(OCC)c3)c(=O)n2[C@@H]1c1ccc(OC)cc1OC. The van der Waals surface area contributed by atoms with Crippen molar-refractivity contribution in [3.8, 4) is 23.0 Å². The van der Waals surface area contributed by atoms with Gasteiger partial charge in [0, 0.05) is 11.6 Å². The molecule has 4 aromatic carbocycles. The Balaban J connectivity index is 1.40. The van der Waals surface area contributed by atoms with E-state index in [9.17, 15) is 9.59 Å². The summed E-state index contributed by atoms with van der Waals surface area (Å²) in [4.78, 5) is 32.7. The zero-order valence-electron chi connectivity index (χ0n) is 27.4. The Morgan fingerprint density at radius 2 is 1.71 bits per heavy atom. The maximum atomic E-state index is 14.2. The van der Waals surface area contributed by atoms with Crippen LogP contribution in [0, 0.1) is 0 Å². The highest BCUT2D eigenvalue weighted by molar-refractivity contribution is 7.07.